The smallest absolute Gasteiger partial charge is 0.413 e. The van der Waals surface area contributed by atoms with Crippen molar-refractivity contribution in [1.82, 2.24) is 10.4 Å². The van der Waals surface area contributed by atoms with E-state index in [4.69, 9.17) is 4.74 Å². The van der Waals surface area contributed by atoms with Gasteiger partial charge in [0.2, 0.25) is 0 Å². The van der Waals surface area contributed by atoms with Crippen LogP contribution in [0, 0.1) is 0 Å². The normalized spacial score (nSPS) is 10.7. The zero-order valence-electron chi connectivity index (χ0n) is 14.3. The fourth-order valence-electron chi connectivity index (χ4n) is 2.09. The van der Waals surface area contributed by atoms with Gasteiger partial charge < -0.3 is 9.47 Å². The first-order chi connectivity index (χ1) is 13.1. The molecule has 0 saturated heterocycles. The van der Waals surface area contributed by atoms with Gasteiger partial charge in [-0.15, -0.1) is 0 Å². The first-order valence-corrected chi connectivity index (χ1v) is 8.71. The number of rotatable bonds is 6. The highest BCUT2D eigenvalue weighted by molar-refractivity contribution is 7.22. The quantitative estimate of drug-likeness (QED) is 0.502. The molecule has 2 aromatic carbocycles. The van der Waals surface area contributed by atoms with Gasteiger partial charge in [0.05, 0.1) is 23.5 Å². The fourth-order valence-corrected chi connectivity index (χ4v) is 2.97. The average molecular weight is 384 g/mol. The summed E-state index contributed by atoms with van der Waals surface area (Å²) < 4.78 is 10.8. The molecular weight excluding hydrogens is 368 g/mol. The molecule has 0 saturated carbocycles. The molecule has 0 spiro atoms. The number of ether oxygens (including phenoxy) is 2. The molecule has 0 aliphatic carbocycles. The summed E-state index contributed by atoms with van der Waals surface area (Å²) in [4.78, 5) is 27.3. The van der Waals surface area contributed by atoms with E-state index >= 15 is 0 Å². The van der Waals surface area contributed by atoms with Crippen molar-refractivity contribution in [2.75, 3.05) is 19.0 Å². The second-order valence-corrected chi connectivity index (χ2v) is 6.29. The van der Waals surface area contributed by atoms with Crippen molar-refractivity contribution in [2.45, 2.75) is 0 Å². The van der Waals surface area contributed by atoms with Gasteiger partial charge in [-0.3, -0.25) is 10.1 Å². The van der Waals surface area contributed by atoms with E-state index in [9.17, 15) is 9.59 Å². The molecule has 9 heteroatoms. The van der Waals surface area contributed by atoms with Gasteiger partial charge in [0.1, 0.15) is 5.75 Å². The fraction of sp³-hybridized carbons (Fsp3) is 0.111. The van der Waals surface area contributed by atoms with Gasteiger partial charge in [-0.1, -0.05) is 41.7 Å². The van der Waals surface area contributed by atoms with Crippen LogP contribution >= 0.6 is 11.3 Å². The summed E-state index contributed by atoms with van der Waals surface area (Å²) >= 11 is 1.27. The van der Waals surface area contributed by atoms with Crippen molar-refractivity contribution in [3.8, 4) is 5.75 Å². The third-order valence-electron chi connectivity index (χ3n) is 3.33. The third-order valence-corrected chi connectivity index (χ3v) is 4.26. The second kappa shape index (κ2) is 8.77. The first kappa shape index (κ1) is 18.3. The summed E-state index contributed by atoms with van der Waals surface area (Å²) in [5.74, 6) is 0.137. The van der Waals surface area contributed by atoms with Gasteiger partial charge in [0.15, 0.2) is 11.7 Å². The van der Waals surface area contributed by atoms with Gasteiger partial charge in [0.25, 0.3) is 5.91 Å². The summed E-state index contributed by atoms with van der Waals surface area (Å²) in [7, 11) is 1.28. The van der Waals surface area contributed by atoms with Crippen LogP contribution in [0.5, 0.6) is 5.75 Å². The van der Waals surface area contributed by atoms with E-state index in [2.05, 4.69) is 25.6 Å². The Bertz CT molecular complexity index is 972. The highest BCUT2D eigenvalue weighted by Crippen LogP contribution is 2.29. The minimum atomic E-state index is -0.585. The Morgan fingerprint density at radius 1 is 1.22 bits per heavy atom. The molecule has 2 amide bonds. The number of carbonyl (C=O) groups excluding carboxylic acids is 2. The van der Waals surface area contributed by atoms with Crippen molar-refractivity contribution >= 4 is 44.9 Å². The summed E-state index contributed by atoms with van der Waals surface area (Å²) in [5.41, 5.74) is 3.99. The molecule has 3 aromatic rings. The topological polar surface area (TPSA) is 102 Å². The van der Waals surface area contributed by atoms with Crippen LogP contribution in [0.4, 0.5) is 9.93 Å². The van der Waals surface area contributed by atoms with E-state index in [1.807, 2.05) is 30.3 Å². The predicted molar refractivity (Wildman–Crippen MR) is 103 cm³/mol. The lowest BCUT2D eigenvalue weighted by atomic mass is 10.2. The van der Waals surface area contributed by atoms with E-state index in [1.54, 1.807) is 24.4 Å². The van der Waals surface area contributed by atoms with E-state index in [-0.39, 0.29) is 12.5 Å². The van der Waals surface area contributed by atoms with Crippen molar-refractivity contribution in [1.29, 1.82) is 0 Å². The number of hydrazone groups is 1. The molecule has 0 aliphatic rings. The van der Waals surface area contributed by atoms with E-state index in [1.165, 1.54) is 18.4 Å². The molecule has 0 atom stereocenters. The van der Waals surface area contributed by atoms with Crippen LogP contribution in [-0.2, 0) is 9.53 Å². The molecular formula is C18H16N4O4S. The van der Waals surface area contributed by atoms with Crippen LogP contribution in [0.3, 0.4) is 0 Å². The molecule has 2 N–H and O–H groups in total. The molecule has 0 aliphatic heterocycles. The standard InChI is InChI=1S/C18H16N4O4S/c1-25-18(24)21-17-20-14-8-7-13(9-15(14)27-17)26-11-16(23)22-19-10-12-5-3-2-4-6-12/h2-10H,11H2,1H3,(H,22,23)(H,20,21,24)/b19-10+. The number of carbonyl (C=O) groups is 2. The number of anilines is 1. The van der Waals surface area contributed by atoms with Gasteiger partial charge in [-0.05, 0) is 23.8 Å². The van der Waals surface area contributed by atoms with Crippen LogP contribution < -0.4 is 15.5 Å². The maximum atomic E-state index is 11.8. The maximum Gasteiger partial charge on any atom is 0.413 e. The number of nitrogens with zero attached hydrogens (tertiary/aromatic N) is 2. The number of methoxy groups -OCH3 is 1. The minimum absolute atomic E-state index is 0.177. The van der Waals surface area contributed by atoms with Crippen molar-refractivity contribution < 1.29 is 19.1 Å². The number of fused-ring (bicyclic) bond motifs is 1. The van der Waals surface area contributed by atoms with Crippen LogP contribution in [0.1, 0.15) is 5.56 Å². The lowest BCUT2D eigenvalue weighted by Crippen LogP contribution is -2.24. The highest BCUT2D eigenvalue weighted by Gasteiger charge is 2.09. The predicted octanol–water partition coefficient (Wildman–Crippen LogP) is 3.00. The summed E-state index contributed by atoms with van der Waals surface area (Å²) in [5, 5.41) is 6.81. The van der Waals surface area contributed by atoms with Crippen LogP contribution in [0.2, 0.25) is 0 Å². The van der Waals surface area contributed by atoms with Crippen molar-refractivity contribution in [2.24, 2.45) is 5.10 Å². The Morgan fingerprint density at radius 3 is 2.81 bits per heavy atom. The molecule has 138 valence electrons. The molecule has 27 heavy (non-hydrogen) atoms. The Balaban J connectivity index is 1.54. The Hall–Kier alpha value is -3.46. The number of hydrogen-bond donors (Lipinski definition) is 2. The van der Waals surface area contributed by atoms with Gasteiger partial charge in [-0.25, -0.2) is 15.2 Å². The van der Waals surface area contributed by atoms with Gasteiger partial charge >= 0.3 is 6.09 Å². The van der Waals surface area contributed by atoms with Crippen molar-refractivity contribution in [3.63, 3.8) is 0 Å². The summed E-state index contributed by atoms with van der Waals surface area (Å²) in [6.45, 7) is -0.177. The van der Waals surface area contributed by atoms with E-state index in [0.29, 0.717) is 16.4 Å². The largest absolute Gasteiger partial charge is 0.484 e. The number of hydrogen-bond acceptors (Lipinski definition) is 7. The van der Waals surface area contributed by atoms with Gasteiger partial charge in [0, 0.05) is 0 Å². The SMILES string of the molecule is COC(=O)Nc1nc2ccc(OCC(=O)N/N=C/c3ccccc3)cc2s1. The maximum absolute atomic E-state index is 11.8. The zero-order valence-corrected chi connectivity index (χ0v) is 15.2. The summed E-state index contributed by atoms with van der Waals surface area (Å²) in [6, 6.07) is 14.6. The lowest BCUT2D eigenvalue weighted by molar-refractivity contribution is -0.123. The molecule has 8 nitrogen and oxygen atoms in total. The number of amides is 2. The lowest BCUT2D eigenvalue weighted by Gasteiger charge is -2.04. The molecule has 0 unspecified atom stereocenters. The Morgan fingerprint density at radius 2 is 2.04 bits per heavy atom. The number of thiazole rings is 1. The number of nitrogens with one attached hydrogen (secondary N) is 2. The van der Waals surface area contributed by atoms with Crippen LogP contribution in [0.25, 0.3) is 10.2 Å². The molecule has 1 heterocycles. The number of benzene rings is 2. The molecule has 1 aromatic heterocycles. The molecule has 0 bridgehead atoms. The third kappa shape index (κ3) is 5.25. The minimum Gasteiger partial charge on any atom is -0.484 e. The number of aromatic nitrogens is 1. The monoisotopic (exact) mass is 384 g/mol. The van der Waals surface area contributed by atoms with Crippen LogP contribution in [0.15, 0.2) is 53.6 Å². The second-order valence-electron chi connectivity index (χ2n) is 5.26. The van der Waals surface area contributed by atoms with E-state index < -0.39 is 6.09 Å². The average Bonchev–Trinajstić information content (AvgIpc) is 3.08. The molecule has 0 fully saturated rings. The Labute approximate surface area is 158 Å². The molecule has 0 radical (unpaired) electrons. The Kier molecular flexibility index (Phi) is 5.95. The first-order valence-electron chi connectivity index (χ1n) is 7.89. The van der Waals surface area contributed by atoms with Crippen LogP contribution in [-0.4, -0.2) is 36.9 Å². The molecule has 3 rings (SSSR count). The highest BCUT2D eigenvalue weighted by atomic mass is 32.1. The zero-order chi connectivity index (χ0) is 19.1. The van der Waals surface area contributed by atoms with E-state index in [0.717, 1.165) is 10.3 Å². The van der Waals surface area contributed by atoms with Crippen molar-refractivity contribution in [3.05, 3.63) is 54.1 Å². The summed E-state index contributed by atoms with van der Waals surface area (Å²) in [6.07, 6.45) is 0.968. The van der Waals surface area contributed by atoms with Gasteiger partial charge in [-0.2, -0.15) is 5.10 Å².